The van der Waals surface area contributed by atoms with Crippen LogP contribution in [0.1, 0.15) is 11.1 Å². The van der Waals surface area contributed by atoms with Gasteiger partial charge in [0.05, 0.1) is 22.8 Å². The molecule has 0 atom stereocenters. The van der Waals surface area contributed by atoms with E-state index in [0.29, 0.717) is 32.7 Å². The summed E-state index contributed by atoms with van der Waals surface area (Å²) in [6.45, 7) is 4.03. The Bertz CT molecular complexity index is 1130. The van der Waals surface area contributed by atoms with E-state index in [1.165, 1.54) is 30.6 Å². The Morgan fingerprint density at radius 1 is 1.19 bits per heavy atom. The average molecular weight is 370 g/mol. The van der Waals surface area contributed by atoms with Gasteiger partial charge < -0.3 is 9.15 Å². The van der Waals surface area contributed by atoms with Gasteiger partial charge in [-0.3, -0.25) is 15.4 Å². The molecule has 2 aromatic heterocycles. The second-order valence-electron chi connectivity index (χ2n) is 5.82. The molecule has 0 aliphatic carbocycles. The number of fused-ring (bicyclic) bond motifs is 2. The Labute approximate surface area is 151 Å². The number of rotatable bonds is 4. The van der Waals surface area contributed by atoms with E-state index in [4.69, 9.17) is 9.15 Å². The first-order valence-electron chi connectivity index (χ1n) is 7.72. The van der Waals surface area contributed by atoms with E-state index < -0.39 is 4.92 Å². The monoisotopic (exact) mass is 370 g/mol. The van der Waals surface area contributed by atoms with Crippen LogP contribution < -0.4 is 10.1 Å². The number of hydrogen-bond donors (Lipinski definition) is 1. The van der Waals surface area contributed by atoms with Crippen LogP contribution in [0.15, 0.2) is 28.7 Å². The van der Waals surface area contributed by atoms with Crippen molar-refractivity contribution in [3.8, 4) is 5.75 Å². The van der Waals surface area contributed by atoms with Gasteiger partial charge in [0.2, 0.25) is 0 Å². The molecule has 0 radical (unpaired) electrons. The number of nitro groups is 1. The first-order chi connectivity index (χ1) is 12.4. The summed E-state index contributed by atoms with van der Waals surface area (Å²) in [4.78, 5) is 19.5. The van der Waals surface area contributed by atoms with Crippen molar-refractivity contribution in [2.24, 2.45) is 0 Å². The maximum absolute atomic E-state index is 11.1. The molecule has 2 aromatic carbocycles. The van der Waals surface area contributed by atoms with Gasteiger partial charge in [0.15, 0.2) is 16.5 Å². The van der Waals surface area contributed by atoms with Crippen molar-refractivity contribution >= 4 is 49.5 Å². The van der Waals surface area contributed by atoms with Gasteiger partial charge in [-0.2, -0.15) is 4.98 Å². The number of hydrogen-bond acceptors (Lipinski definition) is 8. The lowest BCUT2D eigenvalue weighted by molar-refractivity contribution is -0.384. The fraction of sp³-hybridized carbons (Fsp3) is 0.176. The molecular formula is C17H14N4O4S. The number of methoxy groups -OCH3 is 1. The van der Waals surface area contributed by atoms with Gasteiger partial charge in [-0.1, -0.05) is 11.3 Å². The molecule has 0 unspecified atom stereocenters. The van der Waals surface area contributed by atoms with E-state index in [1.807, 2.05) is 26.0 Å². The highest BCUT2D eigenvalue weighted by atomic mass is 32.1. The Kier molecular flexibility index (Phi) is 3.73. The van der Waals surface area contributed by atoms with E-state index in [2.05, 4.69) is 15.3 Å². The fourth-order valence-corrected chi connectivity index (χ4v) is 3.53. The summed E-state index contributed by atoms with van der Waals surface area (Å²) in [5.74, 6) is 0.349. The van der Waals surface area contributed by atoms with Gasteiger partial charge >= 0.3 is 6.01 Å². The maximum atomic E-state index is 11.1. The number of non-ortho nitro benzene ring substituents is 1. The molecular weight excluding hydrogens is 356 g/mol. The third-order valence-electron chi connectivity index (χ3n) is 4.09. The molecule has 0 spiro atoms. The lowest BCUT2D eigenvalue weighted by atomic mass is 10.1. The number of aryl methyl sites for hydroxylation is 2. The summed E-state index contributed by atoms with van der Waals surface area (Å²) < 4.78 is 11.6. The molecule has 0 aliphatic heterocycles. The van der Waals surface area contributed by atoms with Crippen molar-refractivity contribution in [1.29, 1.82) is 0 Å². The largest absolute Gasteiger partial charge is 0.494 e. The van der Waals surface area contributed by atoms with Crippen molar-refractivity contribution in [3.63, 3.8) is 0 Å². The van der Waals surface area contributed by atoms with Crippen molar-refractivity contribution < 1.29 is 14.1 Å². The number of nitro benzene ring substituents is 1. The minimum atomic E-state index is -0.458. The van der Waals surface area contributed by atoms with Gasteiger partial charge in [-0.25, -0.2) is 4.98 Å². The van der Waals surface area contributed by atoms with Crippen LogP contribution in [0, 0.1) is 24.0 Å². The zero-order valence-corrected chi connectivity index (χ0v) is 15.0. The molecule has 26 heavy (non-hydrogen) atoms. The summed E-state index contributed by atoms with van der Waals surface area (Å²) in [6.07, 6.45) is 0. The van der Waals surface area contributed by atoms with Crippen LogP contribution in [0.5, 0.6) is 5.75 Å². The summed E-state index contributed by atoms with van der Waals surface area (Å²) in [7, 11) is 1.45. The lowest BCUT2D eigenvalue weighted by Crippen LogP contribution is -1.91. The van der Waals surface area contributed by atoms with E-state index in [0.717, 1.165) is 16.6 Å². The highest BCUT2D eigenvalue weighted by Crippen LogP contribution is 2.37. The zero-order chi connectivity index (χ0) is 18.4. The van der Waals surface area contributed by atoms with Crippen LogP contribution in [0.4, 0.5) is 16.8 Å². The highest BCUT2D eigenvalue weighted by Gasteiger charge is 2.17. The Morgan fingerprint density at radius 2 is 1.96 bits per heavy atom. The molecule has 0 saturated carbocycles. The number of thiazole rings is 1. The summed E-state index contributed by atoms with van der Waals surface area (Å²) in [5, 5.41) is 14.6. The van der Waals surface area contributed by atoms with Gasteiger partial charge in [0.25, 0.3) is 5.69 Å². The molecule has 2 heterocycles. The van der Waals surface area contributed by atoms with Gasteiger partial charge in [-0.05, 0) is 37.1 Å². The molecule has 9 heteroatoms. The number of ether oxygens (including phenoxy) is 1. The van der Waals surface area contributed by atoms with Gasteiger partial charge in [0.1, 0.15) is 11.0 Å². The SMILES string of the molecule is COc1cc([N+](=O)[O-])cc2sc(Nc3nc4cc(C)c(C)cc4o3)nc12. The van der Waals surface area contributed by atoms with Crippen LogP contribution >= 0.6 is 11.3 Å². The summed E-state index contributed by atoms with van der Waals surface area (Å²) in [5.41, 5.74) is 4.20. The predicted octanol–water partition coefficient (Wildman–Crippen LogP) is 4.71. The number of oxazole rings is 1. The first-order valence-corrected chi connectivity index (χ1v) is 8.54. The van der Waals surface area contributed by atoms with Crippen LogP contribution in [-0.4, -0.2) is 22.0 Å². The molecule has 0 saturated heterocycles. The smallest absolute Gasteiger partial charge is 0.302 e. The van der Waals surface area contributed by atoms with E-state index in [1.54, 1.807) is 0 Å². The first kappa shape index (κ1) is 16.3. The van der Waals surface area contributed by atoms with Crippen LogP contribution in [0.2, 0.25) is 0 Å². The maximum Gasteiger partial charge on any atom is 0.302 e. The topological polar surface area (TPSA) is 103 Å². The van der Waals surface area contributed by atoms with Crippen LogP contribution in [-0.2, 0) is 0 Å². The van der Waals surface area contributed by atoms with Crippen molar-refractivity contribution in [2.45, 2.75) is 13.8 Å². The quantitative estimate of drug-likeness (QED) is 0.409. The minimum absolute atomic E-state index is 0.0441. The van der Waals surface area contributed by atoms with E-state index in [-0.39, 0.29) is 5.69 Å². The third-order valence-corrected chi connectivity index (χ3v) is 5.01. The fourth-order valence-electron chi connectivity index (χ4n) is 2.62. The Morgan fingerprint density at radius 3 is 2.69 bits per heavy atom. The normalized spacial score (nSPS) is 11.2. The molecule has 0 amide bonds. The number of benzene rings is 2. The molecule has 0 aliphatic rings. The van der Waals surface area contributed by atoms with Crippen molar-refractivity contribution in [3.05, 3.63) is 45.5 Å². The Balaban J connectivity index is 1.74. The number of aromatic nitrogens is 2. The molecule has 0 bridgehead atoms. The second-order valence-corrected chi connectivity index (χ2v) is 6.85. The standard InChI is InChI=1S/C17H14N4O4S/c1-8-4-11-12(5-9(8)2)25-16(18-11)20-17-19-15-13(24-3)6-10(21(22)23)7-14(15)26-17/h4-7H,1-3H3,(H,18,19,20). The molecule has 4 rings (SSSR count). The van der Waals surface area contributed by atoms with Crippen molar-refractivity contribution in [2.75, 3.05) is 12.4 Å². The van der Waals surface area contributed by atoms with Crippen molar-refractivity contribution in [1.82, 2.24) is 9.97 Å². The van der Waals surface area contributed by atoms with Crippen LogP contribution in [0.25, 0.3) is 21.3 Å². The third kappa shape index (κ3) is 2.72. The number of nitrogens with zero attached hydrogens (tertiary/aromatic N) is 3. The molecule has 4 aromatic rings. The molecule has 1 N–H and O–H groups in total. The average Bonchev–Trinajstić information content (AvgIpc) is 3.17. The van der Waals surface area contributed by atoms with E-state index in [9.17, 15) is 10.1 Å². The van der Waals surface area contributed by atoms with Crippen LogP contribution in [0.3, 0.4) is 0 Å². The summed E-state index contributed by atoms with van der Waals surface area (Å²) >= 11 is 1.26. The lowest BCUT2D eigenvalue weighted by Gasteiger charge is -1.99. The summed E-state index contributed by atoms with van der Waals surface area (Å²) in [6, 6.07) is 7.05. The highest BCUT2D eigenvalue weighted by molar-refractivity contribution is 7.22. The molecule has 132 valence electrons. The van der Waals surface area contributed by atoms with Gasteiger partial charge in [-0.15, -0.1) is 0 Å². The minimum Gasteiger partial charge on any atom is -0.494 e. The Hall–Kier alpha value is -3.20. The van der Waals surface area contributed by atoms with Gasteiger partial charge in [0, 0.05) is 6.07 Å². The molecule has 0 fully saturated rings. The number of nitrogens with one attached hydrogen (secondary N) is 1. The predicted molar refractivity (Wildman–Crippen MR) is 99.6 cm³/mol. The second kappa shape index (κ2) is 5.95. The van der Waals surface area contributed by atoms with E-state index >= 15 is 0 Å². The molecule has 8 nitrogen and oxygen atoms in total. The number of anilines is 2. The zero-order valence-electron chi connectivity index (χ0n) is 14.2.